The van der Waals surface area contributed by atoms with Crippen LogP contribution >= 0.6 is 11.3 Å². The van der Waals surface area contributed by atoms with Crippen LogP contribution in [0, 0.1) is 0 Å². The minimum Gasteiger partial charge on any atom is -0.462 e. The minimum absolute atomic E-state index is 0.186. The predicted octanol–water partition coefficient (Wildman–Crippen LogP) is 3.49. The van der Waals surface area contributed by atoms with E-state index in [2.05, 4.69) is 10.3 Å². The van der Waals surface area contributed by atoms with E-state index < -0.39 is 16.0 Å². The number of hydrogen-bond acceptors (Lipinski definition) is 7. The average molecular weight is 472 g/mol. The van der Waals surface area contributed by atoms with Crippen molar-refractivity contribution < 1.29 is 17.9 Å². The number of carbonyl (C=O) groups excluding carboxylic acids is 1. The van der Waals surface area contributed by atoms with E-state index in [0.717, 1.165) is 16.3 Å². The molecule has 0 radical (unpaired) electrons. The number of benzene rings is 2. The van der Waals surface area contributed by atoms with Gasteiger partial charge < -0.3 is 4.74 Å². The number of esters is 1. The SMILES string of the molecule is CCOC(=O)c1ccc(S(=O)(=O)N2CCN(Cc3csc(-c4ccccc4)n3)CC2)cc1. The molecule has 168 valence electrons. The Kier molecular flexibility index (Phi) is 7.00. The first-order valence-electron chi connectivity index (χ1n) is 10.5. The summed E-state index contributed by atoms with van der Waals surface area (Å²) in [6.07, 6.45) is 0. The molecule has 1 aromatic heterocycles. The van der Waals surface area contributed by atoms with Crippen molar-refractivity contribution in [1.82, 2.24) is 14.2 Å². The van der Waals surface area contributed by atoms with Crippen LogP contribution in [-0.4, -0.2) is 61.4 Å². The van der Waals surface area contributed by atoms with E-state index in [0.29, 0.717) is 38.3 Å². The Morgan fingerprint density at radius 2 is 1.72 bits per heavy atom. The van der Waals surface area contributed by atoms with Gasteiger partial charge in [0, 0.05) is 43.7 Å². The number of piperazine rings is 1. The van der Waals surface area contributed by atoms with Gasteiger partial charge in [-0.2, -0.15) is 4.31 Å². The summed E-state index contributed by atoms with van der Waals surface area (Å²) in [6.45, 7) is 4.81. The Balaban J connectivity index is 1.35. The fourth-order valence-corrected chi connectivity index (χ4v) is 5.82. The Morgan fingerprint density at radius 3 is 2.38 bits per heavy atom. The molecule has 2 aromatic carbocycles. The van der Waals surface area contributed by atoms with E-state index in [1.807, 2.05) is 30.3 Å². The van der Waals surface area contributed by atoms with Crippen molar-refractivity contribution in [3.8, 4) is 10.6 Å². The summed E-state index contributed by atoms with van der Waals surface area (Å²) in [7, 11) is -3.60. The lowest BCUT2D eigenvalue weighted by atomic mass is 10.2. The van der Waals surface area contributed by atoms with Gasteiger partial charge in [0.25, 0.3) is 0 Å². The molecule has 0 bridgehead atoms. The van der Waals surface area contributed by atoms with Crippen molar-refractivity contribution in [2.45, 2.75) is 18.4 Å². The second kappa shape index (κ2) is 9.91. The molecule has 0 atom stereocenters. The largest absolute Gasteiger partial charge is 0.462 e. The molecule has 7 nitrogen and oxygen atoms in total. The zero-order valence-electron chi connectivity index (χ0n) is 17.8. The van der Waals surface area contributed by atoms with Gasteiger partial charge in [0.05, 0.1) is 22.8 Å². The molecular weight excluding hydrogens is 446 g/mol. The molecule has 0 spiro atoms. The zero-order valence-corrected chi connectivity index (χ0v) is 19.4. The van der Waals surface area contributed by atoms with Crippen molar-refractivity contribution in [3.63, 3.8) is 0 Å². The van der Waals surface area contributed by atoms with Gasteiger partial charge in [-0.1, -0.05) is 30.3 Å². The summed E-state index contributed by atoms with van der Waals surface area (Å²) in [5, 5.41) is 3.06. The lowest BCUT2D eigenvalue weighted by Gasteiger charge is -2.33. The third-order valence-corrected chi connectivity index (χ3v) is 8.15. The van der Waals surface area contributed by atoms with Crippen molar-refractivity contribution >= 4 is 27.3 Å². The number of ether oxygens (including phenoxy) is 1. The zero-order chi connectivity index (χ0) is 22.6. The highest BCUT2D eigenvalue weighted by Crippen LogP contribution is 2.25. The van der Waals surface area contributed by atoms with Gasteiger partial charge in [0.1, 0.15) is 5.01 Å². The van der Waals surface area contributed by atoms with Crippen LogP contribution in [0.1, 0.15) is 23.0 Å². The maximum Gasteiger partial charge on any atom is 0.338 e. The highest BCUT2D eigenvalue weighted by Gasteiger charge is 2.29. The molecule has 32 heavy (non-hydrogen) atoms. The van der Waals surface area contributed by atoms with Crippen LogP contribution in [0.3, 0.4) is 0 Å². The number of rotatable bonds is 7. The second-order valence-electron chi connectivity index (χ2n) is 7.44. The molecule has 1 aliphatic rings. The Labute approximate surface area is 192 Å². The number of aromatic nitrogens is 1. The van der Waals surface area contributed by atoms with E-state index in [4.69, 9.17) is 9.72 Å². The molecule has 0 unspecified atom stereocenters. The number of nitrogens with zero attached hydrogens (tertiary/aromatic N) is 3. The lowest BCUT2D eigenvalue weighted by Crippen LogP contribution is -2.48. The van der Waals surface area contributed by atoms with Crippen LogP contribution in [0.2, 0.25) is 0 Å². The molecule has 9 heteroatoms. The third-order valence-electron chi connectivity index (χ3n) is 5.29. The van der Waals surface area contributed by atoms with Crippen molar-refractivity contribution in [1.29, 1.82) is 0 Å². The monoisotopic (exact) mass is 471 g/mol. The summed E-state index contributed by atoms with van der Waals surface area (Å²) < 4.78 is 32.4. The van der Waals surface area contributed by atoms with Gasteiger partial charge in [0.2, 0.25) is 10.0 Å². The van der Waals surface area contributed by atoms with Crippen LogP contribution < -0.4 is 0 Å². The Hall–Kier alpha value is -2.59. The average Bonchev–Trinajstić information content (AvgIpc) is 3.29. The summed E-state index contributed by atoms with van der Waals surface area (Å²) in [4.78, 5) is 18.9. The lowest BCUT2D eigenvalue weighted by molar-refractivity contribution is 0.0526. The first-order chi connectivity index (χ1) is 15.5. The van der Waals surface area contributed by atoms with Crippen LogP contribution in [-0.2, 0) is 21.3 Å². The number of carbonyl (C=O) groups is 1. The van der Waals surface area contributed by atoms with E-state index in [9.17, 15) is 13.2 Å². The van der Waals surface area contributed by atoms with Crippen LogP contribution in [0.15, 0.2) is 64.9 Å². The molecule has 4 rings (SSSR count). The Bertz CT molecular complexity index is 1150. The van der Waals surface area contributed by atoms with Gasteiger partial charge >= 0.3 is 5.97 Å². The van der Waals surface area contributed by atoms with Gasteiger partial charge in [-0.05, 0) is 31.2 Å². The van der Waals surface area contributed by atoms with E-state index >= 15 is 0 Å². The third kappa shape index (κ3) is 5.07. The van der Waals surface area contributed by atoms with Crippen LogP contribution in [0.4, 0.5) is 0 Å². The molecule has 1 fully saturated rings. The first kappa shape index (κ1) is 22.6. The summed E-state index contributed by atoms with van der Waals surface area (Å²) >= 11 is 1.62. The van der Waals surface area contributed by atoms with Gasteiger partial charge in [-0.25, -0.2) is 18.2 Å². The van der Waals surface area contributed by atoms with Gasteiger partial charge in [-0.3, -0.25) is 4.90 Å². The predicted molar refractivity (Wildman–Crippen MR) is 124 cm³/mol. The van der Waals surface area contributed by atoms with Crippen molar-refractivity contribution in [2.75, 3.05) is 32.8 Å². The minimum atomic E-state index is -3.60. The molecule has 0 aliphatic carbocycles. The summed E-state index contributed by atoms with van der Waals surface area (Å²) in [6, 6.07) is 16.0. The first-order valence-corrected chi connectivity index (χ1v) is 12.8. The van der Waals surface area contributed by atoms with Crippen LogP contribution in [0.5, 0.6) is 0 Å². The highest BCUT2D eigenvalue weighted by molar-refractivity contribution is 7.89. The second-order valence-corrected chi connectivity index (χ2v) is 10.2. The number of thiazole rings is 1. The van der Waals surface area contributed by atoms with Gasteiger partial charge in [0.15, 0.2) is 0 Å². The molecule has 2 heterocycles. The summed E-state index contributed by atoms with van der Waals surface area (Å²) in [5.41, 5.74) is 2.45. The molecule has 0 saturated carbocycles. The standard InChI is InChI=1S/C23H25N3O4S2/c1-2-30-23(27)19-8-10-21(11-9-19)32(28,29)26-14-12-25(13-15-26)16-20-17-31-22(24-20)18-6-4-3-5-7-18/h3-11,17H,2,12-16H2,1H3. The molecule has 3 aromatic rings. The van der Waals surface area contributed by atoms with E-state index in [1.165, 1.54) is 28.6 Å². The van der Waals surface area contributed by atoms with Crippen molar-refractivity contribution in [2.24, 2.45) is 0 Å². The van der Waals surface area contributed by atoms with Crippen molar-refractivity contribution in [3.05, 3.63) is 71.2 Å². The normalized spacial score (nSPS) is 15.5. The Morgan fingerprint density at radius 1 is 1.03 bits per heavy atom. The van der Waals surface area contributed by atoms with E-state index in [1.54, 1.807) is 18.3 Å². The highest BCUT2D eigenvalue weighted by atomic mass is 32.2. The number of hydrogen-bond donors (Lipinski definition) is 0. The van der Waals surface area contributed by atoms with Gasteiger partial charge in [-0.15, -0.1) is 11.3 Å². The molecular formula is C23H25N3O4S2. The maximum atomic E-state index is 13.0. The molecule has 0 amide bonds. The molecule has 1 aliphatic heterocycles. The smallest absolute Gasteiger partial charge is 0.338 e. The fourth-order valence-electron chi connectivity index (χ4n) is 3.58. The number of sulfonamides is 1. The topological polar surface area (TPSA) is 79.8 Å². The fraction of sp³-hybridized carbons (Fsp3) is 0.304. The molecule has 1 saturated heterocycles. The van der Waals surface area contributed by atoms with E-state index in [-0.39, 0.29) is 11.5 Å². The molecule has 0 N–H and O–H groups in total. The quantitative estimate of drug-likeness (QED) is 0.491. The summed E-state index contributed by atoms with van der Waals surface area (Å²) in [5.74, 6) is -0.456. The maximum absolute atomic E-state index is 13.0. The van der Waals surface area contributed by atoms with Crippen LogP contribution in [0.25, 0.3) is 10.6 Å².